The van der Waals surface area contributed by atoms with E-state index in [4.69, 9.17) is 18.3 Å². The quantitative estimate of drug-likeness (QED) is 0.117. The van der Waals surface area contributed by atoms with Gasteiger partial charge < -0.3 is 29.9 Å². The highest BCUT2D eigenvalue weighted by Crippen LogP contribution is 2.74. The summed E-state index contributed by atoms with van der Waals surface area (Å²) in [6, 6.07) is 17.6. The maximum atomic E-state index is 14.0. The van der Waals surface area contributed by atoms with E-state index < -0.39 is 25.8 Å². The molecule has 3 aromatic carbocycles. The predicted octanol–water partition coefficient (Wildman–Crippen LogP) is 4.22. The molecule has 1 atom stereocenters. The van der Waals surface area contributed by atoms with E-state index in [0.717, 1.165) is 51.0 Å². The summed E-state index contributed by atoms with van der Waals surface area (Å²) in [6.07, 6.45) is -0.0778. The van der Waals surface area contributed by atoms with Crippen molar-refractivity contribution in [1.29, 1.82) is 0 Å². The van der Waals surface area contributed by atoms with Crippen molar-refractivity contribution in [2.45, 2.75) is 38.8 Å². The molecule has 46 heavy (non-hydrogen) atoms. The van der Waals surface area contributed by atoms with Gasteiger partial charge in [0.2, 0.25) is 6.29 Å². The lowest BCUT2D eigenvalue weighted by Crippen LogP contribution is -2.60. The largest absolute Gasteiger partial charge is 0.506 e. The van der Waals surface area contributed by atoms with Crippen LogP contribution >= 0.6 is 19.2 Å². The standard InChI is InChI=1S/C32H39N4O8PS/c1-3-35(4-2)19-20-36(18-17-33-16-14-24-12-13-26(37)27-28(24)46-31(39)34-27)29(38)32-30(42-45(40,43-32)44-32)41-21-15-23-10-7-9-22-8-5-6-11-25(22)23/h5-13,30,33,37H,3-4,14-21H2,1-2H3,(H,34,39). The third-order valence-electron chi connectivity index (χ3n) is 8.49. The fraction of sp³-hybridized carbons (Fsp3) is 0.438. The van der Waals surface area contributed by atoms with E-state index in [1.807, 2.05) is 30.3 Å². The average Bonchev–Trinajstić information content (AvgIpc) is 3.68. The zero-order chi connectivity index (χ0) is 32.3. The summed E-state index contributed by atoms with van der Waals surface area (Å²) in [4.78, 5) is 32.2. The topological polar surface area (TPSA) is 143 Å². The molecule has 3 aliphatic rings. The number of thiazole rings is 1. The van der Waals surface area contributed by atoms with Crippen LogP contribution in [0.25, 0.3) is 21.0 Å². The lowest BCUT2D eigenvalue weighted by Gasteiger charge is -2.38. The van der Waals surface area contributed by atoms with Gasteiger partial charge in [-0.05, 0) is 60.4 Å². The van der Waals surface area contributed by atoms with Crippen molar-refractivity contribution in [3.63, 3.8) is 0 Å². The molecule has 1 unspecified atom stereocenters. The molecule has 0 spiro atoms. The lowest BCUT2D eigenvalue weighted by atomic mass is 10.0. The van der Waals surface area contributed by atoms with Crippen LogP contribution in [0.4, 0.5) is 0 Å². The molecule has 14 heteroatoms. The van der Waals surface area contributed by atoms with Crippen molar-refractivity contribution < 1.29 is 32.8 Å². The van der Waals surface area contributed by atoms with Gasteiger partial charge in [0.15, 0.2) is 0 Å². The molecule has 3 aliphatic heterocycles. The lowest BCUT2D eigenvalue weighted by molar-refractivity contribution is -0.242. The third kappa shape index (κ3) is 6.65. The van der Waals surface area contributed by atoms with Gasteiger partial charge in [0.25, 0.3) is 5.91 Å². The molecule has 0 saturated carbocycles. The molecule has 3 fully saturated rings. The van der Waals surface area contributed by atoms with E-state index in [1.165, 1.54) is 0 Å². The summed E-state index contributed by atoms with van der Waals surface area (Å²) in [5.41, 5.74) is 2.48. The predicted molar refractivity (Wildman–Crippen MR) is 176 cm³/mol. The maximum absolute atomic E-state index is 14.0. The summed E-state index contributed by atoms with van der Waals surface area (Å²) in [6.45, 7) is 8.44. The van der Waals surface area contributed by atoms with Crippen LogP contribution in [-0.2, 0) is 40.5 Å². The number of benzene rings is 3. The van der Waals surface area contributed by atoms with Crippen LogP contribution < -0.4 is 10.2 Å². The molecule has 0 radical (unpaired) electrons. The van der Waals surface area contributed by atoms with Gasteiger partial charge in [-0.3, -0.25) is 9.59 Å². The van der Waals surface area contributed by atoms with Crippen LogP contribution in [0.1, 0.15) is 25.0 Å². The first-order valence-electron chi connectivity index (χ1n) is 15.6. The highest BCUT2D eigenvalue weighted by atomic mass is 32.1. The van der Waals surface area contributed by atoms with E-state index in [0.29, 0.717) is 51.1 Å². The van der Waals surface area contributed by atoms with E-state index in [-0.39, 0.29) is 17.2 Å². The van der Waals surface area contributed by atoms with Gasteiger partial charge in [-0.15, -0.1) is 0 Å². The van der Waals surface area contributed by atoms with E-state index in [1.54, 1.807) is 11.0 Å². The number of phosphoric ester groups is 1. The number of carbonyl (C=O) groups is 1. The number of nitrogens with one attached hydrogen (secondary N) is 2. The molecule has 3 N–H and O–H groups in total. The molecule has 1 amide bonds. The minimum atomic E-state index is -3.85. The number of phenolic OH excluding ortho intramolecular Hbond substituents is 1. The zero-order valence-electron chi connectivity index (χ0n) is 25.9. The molecular weight excluding hydrogens is 631 g/mol. The first-order valence-corrected chi connectivity index (χ1v) is 17.9. The van der Waals surface area contributed by atoms with Crippen molar-refractivity contribution in [2.24, 2.45) is 0 Å². The van der Waals surface area contributed by atoms with E-state index in [9.17, 15) is 19.3 Å². The Hall–Kier alpha value is -3.13. The normalized spacial score (nSPS) is 22.1. The Bertz CT molecular complexity index is 1790. The van der Waals surface area contributed by atoms with Crippen molar-refractivity contribution in [1.82, 2.24) is 20.1 Å². The van der Waals surface area contributed by atoms with Crippen LogP contribution in [0.2, 0.25) is 0 Å². The number of carbonyl (C=O) groups excluding carboxylic acids is 1. The molecule has 12 nitrogen and oxygen atoms in total. The minimum Gasteiger partial charge on any atom is -0.506 e. The van der Waals surface area contributed by atoms with Gasteiger partial charge in [-0.1, -0.05) is 73.7 Å². The Kier molecular flexibility index (Phi) is 9.93. The second-order valence-electron chi connectivity index (χ2n) is 11.3. The minimum absolute atomic E-state index is 0.0449. The van der Waals surface area contributed by atoms with Crippen LogP contribution in [0, 0.1) is 0 Å². The summed E-state index contributed by atoms with van der Waals surface area (Å²) in [7, 11) is -3.85. The van der Waals surface area contributed by atoms with Gasteiger partial charge >= 0.3 is 18.5 Å². The smallest absolute Gasteiger partial charge is 0.483 e. The third-order valence-corrected chi connectivity index (χ3v) is 10.9. The van der Waals surface area contributed by atoms with Gasteiger partial charge in [0.05, 0.1) is 11.3 Å². The van der Waals surface area contributed by atoms with E-state index >= 15 is 0 Å². The monoisotopic (exact) mass is 670 g/mol. The zero-order valence-corrected chi connectivity index (χ0v) is 27.6. The number of aromatic hydroxyl groups is 1. The Labute approximate surface area is 270 Å². The van der Waals surface area contributed by atoms with Crippen molar-refractivity contribution in [3.05, 3.63) is 75.4 Å². The molecule has 4 heterocycles. The molecule has 3 saturated heterocycles. The van der Waals surface area contributed by atoms with Crippen molar-refractivity contribution in [2.75, 3.05) is 52.4 Å². The molecule has 2 bridgehead atoms. The van der Waals surface area contributed by atoms with Crippen LogP contribution in [0.5, 0.6) is 5.75 Å². The second-order valence-corrected chi connectivity index (χ2v) is 13.7. The molecular formula is C32H39N4O8PS. The molecule has 1 aromatic heterocycles. The number of likely N-dealkylation sites (N-methyl/N-ethyl adjacent to an activating group) is 1. The fourth-order valence-electron chi connectivity index (χ4n) is 5.93. The SMILES string of the molecule is CCN(CC)CCN(CCNCCc1ccc(O)c2[nH]c(=O)sc12)C(=O)C12OP(=O)(OC1OCCc1cccc3ccccc13)O2. The Balaban J connectivity index is 1.09. The van der Waals surface area contributed by atoms with Gasteiger partial charge in [-0.2, -0.15) is 0 Å². The number of fused-ring (bicyclic) bond motifs is 3. The summed E-state index contributed by atoms with van der Waals surface area (Å²) in [5.74, 6) is -2.36. The first-order chi connectivity index (χ1) is 22.2. The number of phenols is 1. The number of H-pyrrole nitrogens is 1. The number of ether oxygens (including phenoxy) is 1. The van der Waals surface area contributed by atoms with Gasteiger partial charge in [0, 0.05) is 26.2 Å². The molecule has 0 aliphatic carbocycles. The van der Waals surface area contributed by atoms with Gasteiger partial charge in [-0.25, -0.2) is 18.1 Å². The van der Waals surface area contributed by atoms with Crippen LogP contribution in [-0.4, -0.2) is 90.3 Å². The Morgan fingerprint density at radius 3 is 2.61 bits per heavy atom. The summed E-state index contributed by atoms with van der Waals surface area (Å²) in [5, 5.41) is 15.7. The van der Waals surface area contributed by atoms with E-state index in [2.05, 4.69) is 47.2 Å². The molecule has 4 aromatic rings. The maximum Gasteiger partial charge on any atom is 0.483 e. The number of nitrogens with zero attached hydrogens (tertiary/aromatic N) is 2. The highest BCUT2D eigenvalue weighted by molar-refractivity contribution is 7.50. The van der Waals surface area contributed by atoms with Gasteiger partial charge in [0.1, 0.15) is 11.3 Å². The number of phosphoric acid groups is 1. The molecule has 246 valence electrons. The number of rotatable bonds is 16. The molecule has 7 rings (SSSR count). The number of hydrogen-bond donors (Lipinski definition) is 3. The average molecular weight is 671 g/mol. The summed E-state index contributed by atoms with van der Waals surface area (Å²) >= 11 is 1.07. The number of hydrogen-bond acceptors (Lipinski definition) is 11. The second kappa shape index (κ2) is 13.9. The Morgan fingerprint density at radius 2 is 1.80 bits per heavy atom. The number of aromatic amines is 1. The van der Waals surface area contributed by atoms with Crippen LogP contribution in [0.15, 0.2) is 59.4 Å². The van der Waals surface area contributed by atoms with Crippen molar-refractivity contribution in [3.8, 4) is 5.75 Å². The highest BCUT2D eigenvalue weighted by Gasteiger charge is 2.77. The number of aromatic nitrogens is 1. The van der Waals surface area contributed by atoms with Crippen molar-refractivity contribution >= 4 is 46.1 Å². The first kappa shape index (κ1) is 32.8. The summed E-state index contributed by atoms with van der Waals surface area (Å²) < 4.78 is 36.1. The number of amides is 1. The van der Waals surface area contributed by atoms with Crippen LogP contribution in [0.3, 0.4) is 0 Å². The Morgan fingerprint density at radius 1 is 1.02 bits per heavy atom. The fourth-order valence-corrected chi connectivity index (χ4v) is 8.35.